The Morgan fingerprint density at radius 2 is 1.50 bits per heavy atom. The number of thiophene rings is 2. The Hall–Kier alpha value is -1.04. The van der Waals surface area contributed by atoms with Crippen molar-refractivity contribution >= 4 is 65.6 Å². The van der Waals surface area contributed by atoms with Crippen molar-refractivity contribution in [2.45, 2.75) is 46.0 Å². The minimum absolute atomic E-state index is 0.171. The molecule has 4 rings (SSSR count). The zero-order valence-corrected chi connectivity index (χ0v) is 15.8. The third kappa shape index (κ3) is 2.02. The predicted octanol–water partition coefficient (Wildman–Crippen LogP) is 6.54. The van der Waals surface area contributed by atoms with E-state index < -0.39 is 0 Å². The third-order valence-corrected chi connectivity index (χ3v) is 7.69. The first-order valence-electron chi connectivity index (χ1n) is 7.48. The molecule has 0 fully saturated rings. The Balaban J connectivity index is 2.20. The number of benzene rings is 1. The molecule has 0 saturated carbocycles. The van der Waals surface area contributed by atoms with Gasteiger partial charge in [0.15, 0.2) is 0 Å². The van der Waals surface area contributed by atoms with Crippen LogP contribution in [0.1, 0.15) is 50.3 Å². The van der Waals surface area contributed by atoms with E-state index in [0.29, 0.717) is 5.92 Å². The van der Waals surface area contributed by atoms with Gasteiger partial charge in [-0.1, -0.05) is 34.6 Å². The second kappa shape index (κ2) is 4.73. The lowest BCUT2D eigenvalue weighted by molar-refractivity contribution is 0.604. The van der Waals surface area contributed by atoms with Crippen LogP contribution in [0.3, 0.4) is 0 Å². The summed E-state index contributed by atoms with van der Waals surface area (Å²) in [5, 5.41) is 2.57. The van der Waals surface area contributed by atoms with Crippen LogP contribution in [0.15, 0.2) is 12.1 Å². The highest BCUT2D eigenvalue weighted by Crippen LogP contribution is 2.45. The molecule has 22 heavy (non-hydrogen) atoms. The summed E-state index contributed by atoms with van der Waals surface area (Å²) >= 11 is 5.17. The summed E-state index contributed by atoms with van der Waals surface area (Å²) in [7, 11) is 0. The molecule has 0 aliphatic rings. The fraction of sp³-hybridized carbons (Fsp3) is 0.412. The minimum Gasteiger partial charge on any atom is -0.172 e. The van der Waals surface area contributed by atoms with E-state index in [9.17, 15) is 0 Å². The minimum atomic E-state index is 0.171. The maximum Gasteiger partial charge on any atom is 0.114 e. The molecule has 0 aliphatic carbocycles. The van der Waals surface area contributed by atoms with Gasteiger partial charge in [-0.05, 0) is 23.5 Å². The maximum absolute atomic E-state index is 4.59. The summed E-state index contributed by atoms with van der Waals surface area (Å²) in [6, 6.07) is 4.66. The zero-order valence-electron chi connectivity index (χ0n) is 13.4. The van der Waals surface area contributed by atoms with Gasteiger partial charge in [0.1, 0.15) is 11.0 Å². The molecule has 0 bridgehead atoms. The van der Waals surface area contributed by atoms with Gasteiger partial charge in [-0.2, -0.15) is 8.75 Å². The van der Waals surface area contributed by atoms with E-state index in [2.05, 4.69) is 55.5 Å². The molecular weight excluding hydrogens is 328 g/mol. The Morgan fingerprint density at radius 3 is 2.09 bits per heavy atom. The summed E-state index contributed by atoms with van der Waals surface area (Å²) in [6.07, 6.45) is 0. The largest absolute Gasteiger partial charge is 0.172 e. The van der Waals surface area contributed by atoms with E-state index in [1.807, 2.05) is 22.7 Å². The Labute approximate surface area is 142 Å². The normalized spacial score (nSPS) is 13.2. The van der Waals surface area contributed by atoms with Crippen LogP contribution in [0.4, 0.5) is 0 Å². The topological polar surface area (TPSA) is 25.8 Å². The third-order valence-electron chi connectivity index (χ3n) is 4.00. The predicted molar refractivity (Wildman–Crippen MR) is 101 cm³/mol. The number of hydrogen-bond acceptors (Lipinski definition) is 5. The monoisotopic (exact) mass is 346 g/mol. The summed E-state index contributed by atoms with van der Waals surface area (Å²) in [6.45, 7) is 11.3. The van der Waals surface area contributed by atoms with Crippen molar-refractivity contribution in [2.24, 2.45) is 0 Å². The zero-order chi connectivity index (χ0) is 15.6. The van der Waals surface area contributed by atoms with Crippen molar-refractivity contribution in [2.75, 3.05) is 0 Å². The van der Waals surface area contributed by atoms with Gasteiger partial charge in [-0.25, -0.2) is 0 Å². The highest BCUT2D eigenvalue weighted by atomic mass is 32.1. The van der Waals surface area contributed by atoms with Crippen LogP contribution in [-0.2, 0) is 5.41 Å². The van der Waals surface area contributed by atoms with Gasteiger partial charge in [0.25, 0.3) is 0 Å². The van der Waals surface area contributed by atoms with E-state index in [4.69, 9.17) is 0 Å². The molecule has 2 nitrogen and oxygen atoms in total. The van der Waals surface area contributed by atoms with Gasteiger partial charge in [-0.3, -0.25) is 0 Å². The molecule has 0 spiro atoms. The van der Waals surface area contributed by atoms with Crippen molar-refractivity contribution in [3.05, 3.63) is 21.9 Å². The van der Waals surface area contributed by atoms with Crippen molar-refractivity contribution in [3.63, 3.8) is 0 Å². The number of hydrogen-bond donors (Lipinski definition) is 0. The second-order valence-electron chi connectivity index (χ2n) is 7.11. The second-order valence-corrected chi connectivity index (χ2v) is 9.78. The quantitative estimate of drug-likeness (QED) is 0.391. The van der Waals surface area contributed by atoms with Gasteiger partial charge >= 0.3 is 0 Å². The van der Waals surface area contributed by atoms with Crippen molar-refractivity contribution in [1.82, 2.24) is 8.75 Å². The summed E-state index contributed by atoms with van der Waals surface area (Å²) in [4.78, 5) is 2.85. The molecule has 0 atom stereocenters. The SMILES string of the molecule is CC(C)c1cc2c3nsnc3c3cc(C(C)(C)C)sc3c2s1. The van der Waals surface area contributed by atoms with E-state index in [-0.39, 0.29) is 5.41 Å². The molecule has 0 radical (unpaired) electrons. The van der Waals surface area contributed by atoms with Crippen LogP contribution >= 0.6 is 34.4 Å². The maximum atomic E-state index is 4.59. The van der Waals surface area contributed by atoms with E-state index in [1.54, 1.807) is 0 Å². The Bertz CT molecular complexity index is 996. The van der Waals surface area contributed by atoms with E-state index >= 15 is 0 Å². The molecule has 3 heterocycles. The first kappa shape index (κ1) is 14.5. The molecule has 0 aliphatic heterocycles. The van der Waals surface area contributed by atoms with Gasteiger partial charge in [0, 0.05) is 20.5 Å². The highest BCUT2D eigenvalue weighted by Gasteiger charge is 2.22. The lowest BCUT2D eigenvalue weighted by atomic mass is 9.94. The number of aromatic nitrogens is 2. The molecule has 1 aromatic carbocycles. The first-order valence-corrected chi connectivity index (χ1v) is 9.84. The van der Waals surface area contributed by atoms with Gasteiger partial charge in [-0.15, -0.1) is 22.7 Å². The van der Waals surface area contributed by atoms with Crippen LogP contribution in [0.25, 0.3) is 31.2 Å². The molecule has 3 aromatic heterocycles. The summed E-state index contributed by atoms with van der Waals surface area (Å²) in [5.41, 5.74) is 2.32. The highest BCUT2D eigenvalue weighted by molar-refractivity contribution is 7.27. The number of rotatable bonds is 1. The average Bonchev–Trinajstić information content (AvgIpc) is 3.14. The van der Waals surface area contributed by atoms with Crippen LogP contribution in [0.5, 0.6) is 0 Å². The lowest BCUT2D eigenvalue weighted by Crippen LogP contribution is -2.07. The van der Waals surface area contributed by atoms with Gasteiger partial charge < -0.3 is 0 Å². The number of nitrogens with zero attached hydrogens (tertiary/aromatic N) is 2. The molecule has 114 valence electrons. The first-order chi connectivity index (χ1) is 10.4. The molecule has 0 saturated heterocycles. The molecule has 5 heteroatoms. The molecule has 0 N–H and O–H groups in total. The van der Waals surface area contributed by atoms with E-state index in [1.165, 1.54) is 41.7 Å². The fourth-order valence-corrected chi connectivity index (χ4v) is 5.80. The smallest absolute Gasteiger partial charge is 0.114 e. The van der Waals surface area contributed by atoms with Crippen LogP contribution in [-0.4, -0.2) is 8.75 Å². The molecule has 0 amide bonds. The van der Waals surface area contributed by atoms with Gasteiger partial charge in [0.2, 0.25) is 0 Å². The molecule has 0 unspecified atom stereocenters. The van der Waals surface area contributed by atoms with Crippen LogP contribution < -0.4 is 0 Å². The van der Waals surface area contributed by atoms with E-state index in [0.717, 1.165) is 11.0 Å². The average molecular weight is 347 g/mol. The van der Waals surface area contributed by atoms with Crippen LogP contribution in [0.2, 0.25) is 0 Å². The van der Waals surface area contributed by atoms with Gasteiger partial charge in [0.05, 0.1) is 21.1 Å². The van der Waals surface area contributed by atoms with Crippen molar-refractivity contribution < 1.29 is 0 Å². The number of fused-ring (bicyclic) bond motifs is 6. The standard InChI is InChI=1S/C17H18N2S3/c1-8(2)11-6-9-13-14(19-22-18-13)10-7-12(17(3,4)5)21-16(10)15(9)20-11/h6-8H,1-5H3. The van der Waals surface area contributed by atoms with Crippen LogP contribution in [0, 0.1) is 0 Å². The lowest BCUT2D eigenvalue weighted by Gasteiger charge is -2.14. The fourth-order valence-electron chi connectivity index (χ4n) is 2.69. The Morgan fingerprint density at radius 1 is 0.909 bits per heavy atom. The summed E-state index contributed by atoms with van der Waals surface area (Å²) in [5.74, 6) is 0.552. The molecular formula is C17H18N2S3. The summed E-state index contributed by atoms with van der Waals surface area (Å²) < 4.78 is 11.9. The van der Waals surface area contributed by atoms with Crippen molar-refractivity contribution in [3.8, 4) is 0 Å². The Kier molecular flexibility index (Phi) is 3.13. The van der Waals surface area contributed by atoms with Crippen molar-refractivity contribution in [1.29, 1.82) is 0 Å². The molecule has 4 aromatic rings.